The van der Waals surface area contributed by atoms with Crippen LogP contribution in [0.3, 0.4) is 0 Å². The summed E-state index contributed by atoms with van der Waals surface area (Å²) in [4.78, 5) is 8.36. The summed E-state index contributed by atoms with van der Waals surface area (Å²) in [5.74, 6) is 0.643. The molecule has 0 amide bonds. The van der Waals surface area contributed by atoms with Crippen molar-refractivity contribution in [2.75, 3.05) is 17.0 Å². The summed E-state index contributed by atoms with van der Waals surface area (Å²) >= 11 is 0. The zero-order valence-electron chi connectivity index (χ0n) is 9.50. The van der Waals surface area contributed by atoms with E-state index in [9.17, 15) is 0 Å². The average Bonchev–Trinajstić information content (AvgIpc) is 2.40. The molecule has 4 nitrogen and oxygen atoms in total. The van der Waals surface area contributed by atoms with Crippen molar-refractivity contribution in [3.05, 3.63) is 48.3 Å². The fraction of sp³-hybridized carbons (Fsp3) is 0.231. The van der Waals surface area contributed by atoms with Crippen LogP contribution in [0.1, 0.15) is 12.0 Å². The molecule has 0 fully saturated rings. The number of nitrogens with one attached hydrogen (secondary N) is 1. The lowest BCUT2D eigenvalue weighted by Gasteiger charge is -2.31. The van der Waals surface area contributed by atoms with Gasteiger partial charge in [0.25, 0.3) is 0 Å². The summed E-state index contributed by atoms with van der Waals surface area (Å²) in [5, 5.41) is 2.12. The molecule has 2 aromatic rings. The predicted octanol–water partition coefficient (Wildman–Crippen LogP) is 2.26. The molecule has 1 aromatic heterocycles. The van der Waals surface area contributed by atoms with E-state index in [0.29, 0.717) is 5.95 Å². The van der Waals surface area contributed by atoms with Gasteiger partial charge in [-0.15, -0.1) is 0 Å². The summed E-state index contributed by atoms with van der Waals surface area (Å²) in [6, 6.07) is 10.3. The van der Waals surface area contributed by atoms with Gasteiger partial charge in [0.15, 0.2) is 0 Å². The second kappa shape index (κ2) is 4.41. The van der Waals surface area contributed by atoms with Gasteiger partial charge in [0, 0.05) is 18.9 Å². The third kappa shape index (κ3) is 2.06. The zero-order chi connectivity index (χ0) is 11.5. The fourth-order valence-corrected chi connectivity index (χ4v) is 2.13. The molecule has 0 saturated carbocycles. The summed E-state index contributed by atoms with van der Waals surface area (Å²) in [6.45, 7) is 0.981. The van der Waals surface area contributed by atoms with Gasteiger partial charge in [0.1, 0.15) is 0 Å². The molecule has 0 spiro atoms. The summed E-state index contributed by atoms with van der Waals surface area (Å²) in [7, 11) is 0. The molecule has 1 N–H and O–H groups in total. The van der Waals surface area contributed by atoms with E-state index in [-0.39, 0.29) is 0 Å². The van der Waals surface area contributed by atoms with Crippen molar-refractivity contribution in [1.82, 2.24) is 9.97 Å². The number of benzene rings is 1. The number of hydrogen-bond acceptors (Lipinski definition) is 4. The Bertz CT molecular complexity index is 498. The average molecular weight is 226 g/mol. The molecule has 0 unspecified atom stereocenters. The van der Waals surface area contributed by atoms with E-state index in [2.05, 4.69) is 44.7 Å². The van der Waals surface area contributed by atoms with Crippen LogP contribution in [0.2, 0.25) is 0 Å². The molecule has 0 atom stereocenters. The predicted molar refractivity (Wildman–Crippen MR) is 67.8 cm³/mol. The molecule has 1 aliphatic rings. The van der Waals surface area contributed by atoms with Gasteiger partial charge in [-0.05, 0) is 30.5 Å². The van der Waals surface area contributed by atoms with Crippen LogP contribution in [0.4, 0.5) is 11.6 Å². The molecule has 0 saturated heterocycles. The lowest BCUT2D eigenvalue weighted by Crippen LogP contribution is -2.35. The summed E-state index contributed by atoms with van der Waals surface area (Å²) in [6.07, 6.45) is 5.78. The van der Waals surface area contributed by atoms with Gasteiger partial charge in [-0.25, -0.2) is 9.97 Å². The molecule has 0 radical (unpaired) electrons. The van der Waals surface area contributed by atoms with Crippen molar-refractivity contribution in [2.45, 2.75) is 12.8 Å². The van der Waals surface area contributed by atoms with Crippen molar-refractivity contribution >= 4 is 11.6 Å². The monoisotopic (exact) mass is 226 g/mol. The van der Waals surface area contributed by atoms with Crippen LogP contribution in [0.25, 0.3) is 0 Å². The minimum absolute atomic E-state index is 0.643. The molecular formula is C13H14N4. The highest BCUT2D eigenvalue weighted by atomic mass is 15.5. The first kappa shape index (κ1) is 10.1. The molecule has 3 rings (SSSR count). The van der Waals surface area contributed by atoms with E-state index in [1.807, 2.05) is 6.07 Å². The van der Waals surface area contributed by atoms with Crippen molar-refractivity contribution < 1.29 is 0 Å². The summed E-state index contributed by atoms with van der Waals surface area (Å²) < 4.78 is 0. The maximum atomic E-state index is 4.18. The lowest BCUT2D eigenvalue weighted by atomic mass is 10.0. The van der Waals surface area contributed by atoms with Gasteiger partial charge in [-0.1, -0.05) is 18.2 Å². The molecule has 0 bridgehead atoms. The number of nitrogens with zero attached hydrogens (tertiary/aromatic N) is 3. The Labute approximate surface area is 100 Å². The van der Waals surface area contributed by atoms with E-state index in [1.54, 1.807) is 12.4 Å². The smallest absolute Gasteiger partial charge is 0.241 e. The first-order chi connectivity index (χ1) is 8.43. The number of hydrogen-bond donors (Lipinski definition) is 1. The number of hydrazine groups is 1. The van der Waals surface area contributed by atoms with Crippen LogP contribution in [0.5, 0.6) is 0 Å². The van der Waals surface area contributed by atoms with Gasteiger partial charge >= 0.3 is 0 Å². The minimum atomic E-state index is 0.643. The molecule has 17 heavy (non-hydrogen) atoms. The second-order valence-corrected chi connectivity index (χ2v) is 4.07. The standard InChI is InChI=1S/C13H14N4/c1-2-7-12-11(5-1)6-3-10-17(12)16-13-14-8-4-9-15-13/h1-2,4-5,7-9H,3,6,10H2,(H,14,15,16). The largest absolute Gasteiger partial charge is 0.285 e. The van der Waals surface area contributed by atoms with E-state index in [0.717, 1.165) is 19.4 Å². The van der Waals surface area contributed by atoms with Crippen LogP contribution >= 0.6 is 0 Å². The van der Waals surface area contributed by atoms with Crippen molar-refractivity contribution in [3.8, 4) is 0 Å². The van der Waals surface area contributed by atoms with Gasteiger partial charge in [-0.3, -0.25) is 10.4 Å². The first-order valence-electron chi connectivity index (χ1n) is 5.82. The highest BCUT2D eigenvalue weighted by molar-refractivity contribution is 5.58. The second-order valence-electron chi connectivity index (χ2n) is 4.07. The van der Waals surface area contributed by atoms with Crippen LogP contribution < -0.4 is 10.4 Å². The van der Waals surface area contributed by atoms with Crippen LogP contribution in [0.15, 0.2) is 42.7 Å². The number of aryl methyl sites for hydroxylation is 1. The number of aromatic nitrogens is 2. The maximum absolute atomic E-state index is 4.18. The Morgan fingerprint density at radius 1 is 1.06 bits per heavy atom. The van der Waals surface area contributed by atoms with Crippen LogP contribution in [0, 0.1) is 0 Å². The molecule has 86 valence electrons. The van der Waals surface area contributed by atoms with Crippen LogP contribution in [-0.2, 0) is 6.42 Å². The third-order valence-electron chi connectivity index (χ3n) is 2.91. The maximum Gasteiger partial charge on any atom is 0.241 e. The zero-order valence-corrected chi connectivity index (χ0v) is 9.50. The number of rotatable bonds is 2. The number of para-hydroxylation sites is 1. The highest BCUT2D eigenvalue weighted by Gasteiger charge is 2.16. The molecule has 0 aliphatic carbocycles. The Morgan fingerprint density at radius 3 is 2.76 bits per heavy atom. The summed E-state index contributed by atoms with van der Waals surface area (Å²) in [5.41, 5.74) is 5.85. The van der Waals surface area contributed by atoms with Gasteiger partial charge in [0.2, 0.25) is 5.95 Å². The third-order valence-corrected chi connectivity index (χ3v) is 2.91. The first-order valence-corrected chi connectivity index (χ1v) is 5.82. The Balaban J connectivity index is 1.86. The quantitative estimate of drug-likeness (QED) is 0.852. The molecule has 1 aliphatic heterocycles. The van der Waals surface area contributed by atoms with Crippen molar-refractivity contribution in [3.63, 3.8) is 0 Å². The van der Waals surface area contributed by atoms with Crippen molar-refractivity contribution in [2.24, 2.45) is 0 Å². The molecule has 4 heteroatoms. The highest BCUT2D eigenvalue weighted by Crippen LogP contribution is 2.26. The Kier molecular flexibility index (Phi) is 2.62. The van der Waals surface area contributed by atoms with Gasteiger partial charge < -0.3 is 0 Å². The van der Waals surface area contributed by atoms with E-state index < -0.39 is 0 Å². The van der Waals surface area contributed by atoms with Gasteiger partial charge in [-0.2, -0.15) is 0 Å². The topological polar surface area (TPSA) is 41.1 Å². The van der Waals surface area contributed by atoms with Gasteiger partial charge in [0.05, 0.1) is 5.69 Å². The van der Waals surface area contributed by atoms with E-state index in [1.165, 1.54) is 11.3 Å². The van der Waals surface area contributed by atoms with Crippen LogP contribution in [-0.4, -0.2) is 16.5 Å². The minimum Gasteiger partial charge on any atom is -0.285 e. The lowest BCUT2D eigenvalue weighted by molar-refractivity contribution is 0.734. The van der Waals surface area contributed by atoms with E-state index in [4.69, 9.17) is 0 Å². The SMILES string of the molecule is c1cnc(NN2CCCc3ccccc32)nc1. The van der Waals surface area contributed by atoms with Crippen molar-refractivity contribution in [1.29, 1.82) is 0 Å². The normalized spacial score (nSPS) is 14.2. The number of anilines is 2. The molecule has 1 aromatic carbocycles. The molecular weight excluding hydrogens is 212 g/mol. The van der Waals surface area contributed by atoms with E-state index >= 15 is 0 Å². The Morgan fingerprint density at radius 2 is 1.88 bits per heavy atom. The number of fused-ring (bicyclic) bond motifs is 1. The molecule has 2 heterocycles. The Hall–Kier alpha value is -2.10. The fourth-order valence-electron chi connectivity index (χ4n) is 2.13.